The Morgan fingerprint density at radius 1 is 0.509 bits per heavy atom. The molecule has 8 aromatic carbocycles. The van der Waals surface area contributed by atoms with Crippen molar-refractivity contribution in [1.29, 1.82) is 0 Å². The molecule has 0 amide bonds. The highest BCUT2D eigenvalue weighted by Gasteiger charge is 2.59. The third-order valence-corrected chi connectivity index (χ3v) is 13.7. The zero-order valence-electron chi connectivity index (χ0n) is 31.8. The van der Waals surface area contributed by atoms with Crippen LogP contribution in [-0.2, 0) is 10.8 Å². The summed E-state index contributed by atoms with van der Waals surface area (Å²) in [5, 5.41) is 7.75. The molecule has 0 saturated heterocycles. The highest BCUT2D eigenvalue weighted by molar-refractivity contribution is 6.20. The molecule has 0 aromatic heterocycles. The normalized spacial score (nSPS) is 23.9. The summed E-state index contributed by atoms with van der Waals surface area (Å²) in [6, 6.07) is 63.6. The highest BCUT2D eigenvalue weighted by atomic mass is 15.2. The van der Waals surface area contributed by atoms with Crippen molar-refractivity contribution in [2.75, 3.05) is 4.90 Å². The van der Waals surface area contributed by atoms with E-state index in [9.17, 15) is 0 Å². The maximum absolute atomic E-state index is 2.63. The van der Waals surface area contributed by atoms with Crippen LogP contribution in [0.25, 0.3) is 43.4 Å². The fourth-order valence-electron chi connectivity index (χ4n) is 11.3. The van der Waals surface area contributed by atoms with Gasteiger partial charge in [0.05, 0.1) is 5.54 Å². The number of allylic oxidation sites excluding steroid dienone is 2. The van der Waals surface area contributed by atoms with Gasteiger partial charge in [-0.3, -0.25) is 0 Å². The monoisotopic (exact) mass is 705 g/mol. The van der Waals surface area contributed by atoms with Crippen molar-refractivity contribution in [2.45, 2.75) is 50.0 Å². The van der Waals surface area contributed by atoms with Crippen LogP contribution in [0.5, 0.6) is 0 Å². The molecule has 3 aliphatic rings. The van der Waals surface area contributed by atoms with E-state index in [1.54, 1.807) is 0 Å². The molecule has 0 bridgehead atoms. The first-order chi connectivity index (χ1) is 26.8. The van der Waals surface area contributed by atoms with Gasteiger partial charge in [-0.1, -0.05) is 171 Å². The molecule has 1 nitrogen and oxygen atoms in total. The lowest BCUT2D eigenvalue weighted by Crippen LogP contribution is -2.59. The smallest absolute Gasteiger partial charge is 0.0833 e. The summed E-state index contributed by atoms with van der Waals surface area (Å²) < 4.78 is 0. The Balaban J connectivity index is 1.13. The molecular formula is C54H43N. The van der Waals surface area contributed by atoms with Gasteiger partial charge in [0.15, 0.2) is 0 Å². The number of nitrogens with zero attached hydrogens (tertiary/aromatic N) is 1. The summed E-state index contributed by atoms with van der Waals surface area (Å²) in [5.74, 6) is 0.251. The van der Waals surface area contributed by atoms with Crippen molar-refractivity contribution in [1.82, 2.24) is 0 Å². The number of benzene rings is 8. The van der Waals surface area contributed by atoms with Crippen LogP contribution in [0, 0.1) is 0 Å². The van der Waals surface area contributed by atoms with Crippen LogP contribution in [0.2, 0.25) is 0 Å². The third kappa shape index (κ3) is 4.24. The van der Waals surface area contributed by atoms with Gasteiger partial charge in [0.2, 0.25) is 0 Å². The van der Waals surface area contributed by atoms with Crippen molar-refractivity contribution in [2.24, 2.45) is 0 Å². The van der Waals surface area contributed by atoms with Gasteiger partial charge in [-0.25, -0.2) is 0 Å². The highest BCUT2D eigenvalue weighted by Crippen LogP contribution is 2.65. The number of hydrogen-bond acceptors (Lipinski definition) is 1. The second kappa shape index (κ2) is 11.4. The average molecular weight is 706 g/mol. The fourth-order valence-corrected chi connectivity index (χ4v) is 11.3. The minimum atomic E-state index is -0.410. The van der Waals surface area contributed by atoms with Crippen molar-refractivity contribution in [3.05, 3.63) is 215 Å². The number of fused-ring (bicyclic) bond motifs is 9. The topological polar surface area (TPSA) is 3.24 Å². The minimum absolute atomic E-state index is 0.251. The minimum Gasteiger partial charge on any atom is -0.328 e. The van der Waals surface area contributed by atoms with Crippen LogP contribution in [0.3, 0.4) is 0 Å². The fraction of sp³-hybridized carbons (Fsp3) is 0.148. The van der Waals surface area contributed by atoms with Gasteiger partial charge in [0.1, 0.15) is 0 Å². The van der Waals surface area contributed by atoms with Crippen molar-refractivity contribution in [3.8, 4) is 11.1 Å². The predicted octanol–water partition coefficient (Wildman–Crippen LogP) is 14.0. The molecule has 1 heterocycles. The summed E-state index contributed by atoms with van der Waals surface area (Å²) in [5.41, 5.74) is 12.6. The molecule has 1 aliphatic heterocycles. The van der Waals surface area contributed by atoms with E-state index in [2.05, 4.69) is 215 Å². The van der Waals surface area contributed by atoms with Crippen LogP contribution in [0.1, 0.15) is 55.9 Å². The Morgan fingerprint density at radius 3 is 2.02 bits per heavy atom. The largest absolute Gasteiger partial charge is 0.328 e. The first kappa shape index (κ1) is 32.3. The number of hydrogen-bond donors (Lipinski definition) is 0. The zero-order chi connectivity index (χ0) is 37.1. The van der Waals surface area contributed by atoms with E-state index in [1.807, 2.05) is 0 Å². The lowest BCUT2D eigenvalue weighted by Gasteiger charge is -2.61. The molecule has 11 rings (SSSR count). The molecule has 1 heteroatoms. The van der Waals surface area contributed by atoms with Gasteiger partial charge in [-0.2, -0.15) is 0 Å². The summed E-state index contributed by atoms with van der Waals surface area (Å²) in [6.07, 6.45) is 5.05. The van der Waals surface area contributed by atoms with E-state index in [-0.39, 0.29) is 16.7 Å². The maximum atomic E-state index is 2.63. The molecule has 0 saturated carbocycles. The van der Waals surface area contributed by atoms with Crippen LogP contribution < -0.4 is 4.90 Å². The van der Waals surface area contributed by atoms with Gasteiger partial charge in [0.25, 0.3) is 0 Å². The standard InChI is InChI=1S/C54H43N/c1-35-41-19-10-11-22-46(41)54(4)47-23-12-13-24-48(47)55(53(3)34-33-52(2,50(35)51(53)54)39-17-6-5-7-18-39)40-29-25-37(26-30-40)43-21-14-16-38-28-31-44-42-20-9-8-15-36(42)27-32-45(44)49(38)43/h5-35H,1-4H3. The Labute approximate surface area is 323 Å². The van der Waals surface area contributed by atoms with Gasteiger partial charge in [-0.05, 0) is 116 Å². The second-order valence-corrected chi connectivity index (χ2v) is 16.5. The molecule has 4 atom stereocenters. The van der Waals surface area contributed by atoms with Crippen LogP contribution in [0.15, 0.2) is 193 Å². The maximum Gasteiger partial charge on any atom is 0.0833 e. The quantitative estimate of drug-likeness (QED) is 0.131. The van der Waals surface area contributed by atoms with E-state index in [0.29, 0.717) is 0 Å². The summed E-state index contributed by atoms with van der Waals surface area (Å²) in [4.78, 5) is 2.63. The van der Waals surface area contributed by atoms with Crippen LogP contribution in [-0.4, -0.2) is 5.54 Å². The van der Waals surface area contributed by atoms with E-state index in [0.717, 1.165) is 0 Å². The molecule has 0 radical (unpaired) electrons. The first-order valence-corrected chi connectivity index (χ1v) is 19.8. The number of rotatable bonds is 3. The zero-order valence-corrected chi connectivity index (χ0v) is 31.8. The molecule has 8 aromatic rings. The van der Waals surface area contributed by atoms with E-state index >= 15 is 0 Å². The third-order valence-electron chi connectivity index (χ3n) is 13.7. The number of anilines is 2. The summed E-state index contributed by atoms with van der Waals surface area (Å²) in [6.45, 7) is 9.86. The van der Waals surface area contributed by atoms with Crippen LogP contribution in [0.4, 0.5) is 11.4 Å². The molecule has 0 spiro atoms. The lowest BCUT2D eigenvalue weighted by atomic mass is 9.49. The predicted molar refractivity (Wildman–Crippen MR) is 233 cm³/mol. The Kier molecular flexibility index (Phi) is 6.70. The SMILES string of the molecule is CC1C2=C3C(C)(c4ccccc41)c1ccccc1N(c1ccc(-c4cccc5ccc6c7ccccc7ccc6c45)cc1)C3(C)C=CC2(C)c1ccccc1. The average Bonchev–Trinajstić information content (AvgIpc) is 3.24. The van der Waals surface area contributed by atoms with Crippen molar-refractivity contribution in [3.63, 3.8) is 0 Å². The lowest BCUT2D eigenvalue weighted by molar-refractivity contribution is 0.433. The number of para-hydroxylation sites is 1. The van der Waals surface area contributed by atoms with Crippen molar-refractivity contribution < 1.29 is 0 Å². The first-order valence-electron chi connectivity index (χ1n) is 19.8. The van der Waals surface area contributed by atoms with Gasteiger partial charge < -0.3 is 4.90 Å². The molecule has 2 aliphatic carbocycles. The molecule has 264 valence electrons. The van der Waals surface area contributed by atoms with Gasteiger partial charge >= 0.3 is 0 Å². The molecular weight excluding hydrogens is 663 g/mol. The molecule has 0 N–H and O–H groups in total. The van der Waals surface area contributed by atoms with Crippen molar-refractivity contribution >= 4 is 43.7 Å². The molecule has 55 heavy (non-hydrogen) atoms. The second-order valence-electron chi connectivity index (χ2n) is 16.5. The van der Waals surface area contributed by atoms with Gasteiger partial charge in [0, 0.05) is 28.1 Å². The Bertz CT molecular complexity index is 2930. The summed E-state index contributed by atoms with van der Waals surface area (Å²) in [7, 11) is 0. The van der Waals surface area contributed by atoms with E-state index in [1.165, 1.54) is 88.2 Å². The summed E-state index contributed by atoms with van der Waals surface area (Å²) >= 11 is 0. The van der Waals surface area contributed by atoms with Gasteiger partial charge in [-0.15, -0.1) is 0 Å². The van der Waals surface area contributed by atoms with Crippen LogP contribution >= 0.6 is 0 Å². The van der Waals surface area contributed by atoms with E-state index in [4.69, 9.17) is 0 Å². The Morgan fingerprint density at radius 2 is 1.18 bits per heavy atom. The Hall–Kier alpha value is -6.18. The molecule has 0 fully saturated rings. The van der Waals surface area contributed by atoms with E-state index < -0.39 is 5.54 Å². The molecule has 4 unspecified atom stereocenters.